The zero-order valence-electron chi connectivity index (χ0n) is 10.6. The Balaban J connectivity index is 0.000000284. The Hall–Kier alpha value is -0.352. The number of hydrogen-bond donors (Lipinski definition) is 0. The maximum absolute atomic E-state index is 2.23. The monoisotopic (exact) mass is 411 g/mol. The molecule has 0 radical (unpaired) electrons. The molecule has 0 bridgehead atoms. The predicted molar refractivity (Wildman–Crippen MR) is 73.5 cm³/mol. The minimum atomic E-state index is 0. The fraction of sp³-hybridized carbons (Fsp3) is 0.500. The average molecular weight is 411 g/mol. The van der Waals surface area contributed by atoms with Crippen molar-refractivity contribution in [3.8, 4) is 0 Å². The van der Waals surface area contributed by atoms with Crippen LogP contribution in [0.2, 0.25) is 0 Å². The molecule has 0 heterocycles. The normalized spacial score (nSPS) is 26.4. The van der Waals surface area contributed by atoms with E-state index in [1.54, 1.807) is 0 Å². The van der Waals surface area contributed by atoms with Gasteiger partial charge in [-0.25, -0.2) is 0 Å². The van der Waals surface area contributed by atoms with Gasteiger partial charge in [0.15, 0.2) is 0 Å². The van der Waals surface area contributed by atoms with Gasteiger partial charge in [0.2, 0.25) is 0 Å². The van der Waals surface area contributed by atoms with Gasteiger partial charge in [0.1, 0.15) is 0 Å². The van der Waals surface area contributed by atoms with E-state index in [1.807, 2.05) is 0 Å². The van der Waals surface area contributed by atoms with Gasteiger partial charge in [0.05, 0.1) is 0 Å². The van der Waals surface area contributed by atoms with Gasteiger partial charge >= 0.3 is 0 Å². The first-order chi connectivity index (χ1) is 8.00. The number of hydrogen-bond acceptors (Lipinski definition) is 0. The van der Waals surface area contributed by atoms with Gasteiger partial charge in [-0.3, -0.25) is 0 Å². The molecule has 0 atom stereocenters. The summed E-state index contributed by atoms with van der Waals surface area (Å²) in [6.07, 6.45) is 28.0. The van der Waals surface area contributed by atoms with Crippen molar-refractivity contribution in [2.45, 2.75) is 51.4 Å². The molecule has 0 nitrogen and oxygen atoms in total. The second-order valence-electron chi connectivity index (χ2n) is 4.28. The van der Waals surface area contributed by atoms with Crippen molar-refractivity contribution >= 4 is 0 Å². The van der Waals surface area contributed by atoms with Crippen LogP contribution < -0.4 is 0 Å². The molecule has 0 aromatic carbocycles. The van der Waals surface area contributed by atoms with E-state index < -0.39 is 0 Å². The summed E-state index contributed by atoms with van der Waals surface area (Å²) < 4.78 is 0. The van der Waals surface area contributed by atoms with Crippen molar-refractivity contribution in [2.75, 3.05) is 0 Å². The summed E-state index contributed by atoms with van der Waals surface area (Å²) in [5.74, 6) is 0. The van der Waals surface area contributed by atoms with Gasteiger partial charge in [-0.05, 0) is 51.4 Å². The smallest absolute Gasteiger partial charge is 0 e. The molecular formula is C16H24Pt. The third-order valence-electron chi connectivity index (χ3n) is 2.75. The second kappa shape index (κ2) is 13.7. The van der Waals surface area contributed by atoms with E-state index in [9.17, 15) is 0 Å². The third-order valence-corrected chi connectivity index (χ3v) is 2.75. The summed E-state index contributed by atoms with van der Waals surface area (Å²) in [5, 5.41) is 0. The van der Waals surface area contributed by atoms with Crippen LogP contribution in [-0.4, -0.2) is 0 Å². The Bertz CT molecular complexity index is 203. The van der Waals surface area contributed by atoms with E-state index in [4.69, 9.17) is 0 Å². The first kappa shape index (κ1) is 16.6. The molecule has 1 heteroatoms. The molecule has 0 saturated carbocycles. The summed E-state index contributed by atoms with van der Waals surface area (Å²) in [5.41, 5.74) is 0. The molecule has 98 valence electrons. The maximum atomic E-state index is 2.23. The van der Waals surface area contributed by atoms with Crippen LogP contribution in [0.4, 0.5) is 0 Å². The van der Waals surface area contributed by atoms with E-state index in [1.165, 1.54) is 51.4 Å². The fourth-order valence-corrected chi connectivity index (χ4v) is 1.75. The molecule has 2 rings (SSSR count). The molecule has 0 aromatic rings. The van der Waals surface area contributed by atoms with Crippen LogP contribution in [0.25, 0.3) is 0 Å². The van der Waals surface area contributed by atoms with E-state index in [0.29, 0.717) is 0 Å². The van der Waals surface area contributed by atoms with Crippen LogP contribution in [0, 0.1) is 0 Å². The Morgan fingerprint density at radius 2 is 0.647 bits per heavy atom. The van der Waals surface area contributed by atoms with Gasteiger partial charge < -0.3 is 0 Å². The molecule has 0 amide bonds. The van der Waals surface area contributed by atoms with Gasteiger partial charge in [-0.2, -0.15) is 0 Å². The Morgan fingerprint density at radius 3 is 0.882 bits per heavy atom. The van der Waals surface area contributed by atoms with Crippen LogP contribution in [-0.2, 0) is 21.1 Å². The van der Waals surface area contributed by atoms with Crippen LogP contribution in [0.3, 0.4) is 0 Å². The largest absolute Gasteiger partial charge is 0.0845 e. The zero-order chi connectivity index (χ0) is 11.3. The molecule has 2 aliphatic carbocycles. The Kier molecular flexibility index (Phi) is 13.4. The molecular weight excluding hydrogens is 387 g/mol. The molecule has 2 aliphatic rings. The first-order valence-electron chi connectivity index (χ1n) is 6.63. The van der Waals surface area contributed by atoms with Gasteiger partial charge in [-0.15, -0.1) is 0 Å². The van der Waals surface area contributed by atoms with Crippen molar-refractivity contribution in [3.05, 3.63) is 48.6 Å². The van der Waals surface area contributed by atoms with E-state index in [0.717, 1.165) is 0 Å². The molecule has 0 spiro atoms. The first-order valence-corrected chi connectivity index (χ1v) is 6.63. The van der Waals surface area contributed by atoms with Crippen LogP contribution in [0.1, 0.15) is 51.4 Å². The number of rotatable bonds is 0. The van der Waals surface area contributed by atoms with Crippen LogP contribution in [0.5, 0.6) is 0 Å². The third kappa shape index (κ3) is 11.9. The summed E-state index contributed by atoms with van der Waals surface area (Å²) in [6.45, 7) is 0. The number of allylic oxidation sites excluding steroid dienone is 8. The van der Waals surface area contributed by atoms with Crippen LogP contribution in [0.15, 0.2) is 48.6 Å². The standard InChI is InChI=1S/2C8H12.Pt/c2*1-2-4-6-8-7-5-3-1;/h2*1-4H,5-8H2;/b2*3-1-,4-2-;. The topological polar surface area (TPSA) is 0 Å². The minimum Gasteiger partial charge on any atom is -0.0845 e. The summed E-state index contributed by atoms with van der Waals surface area (Å²) >= 11 is 0. The predicted octanol–water partition coefficient (Wildman–Crippen LogP) is 5.34. The average Bonchev–Trinajstić information content (AvgIpc) is 2.15. The fourth-order valence-electron chi connectivity index (χ4n) is 1.75. The summed E-state index contributed by atoms with van der Waals surface area (Å²) in [6, 6.07) is 0. The molecule has 0 fully saturated rings. The summed E-state index contributed by atoms with van der Waals surface area (Å²) in [4.78, 5) is 0. The van der Waals surface area contributed by atoms with E-state index in [2.05, 4.69) is 48.6 Å². The van der Waals surface area contributed by atoms with E-state index >= 15 is 0 Å². The van der Waals surface area contributed by atoms with Gasteiger partial charge in [0.25, 0.3) is 0 Å². The zero-order valence-corrected chi connectivity index (χ0v) is 12.9. The minimum absolute atomic E-state index is 0. The SMILES string of the molecule is C1=C\CCCC\C=C/1.C1=C\CCCC\C=C/1.[Pt]. The summed E-state index contributed by atoms with van der Waals surface area (Å²) in [7, 11) is 0. The molecule has 17 heavy (non-hydrogen) atoms. The molecule has 0 saturated heterocycles. The van der Waals surface area contributed by atoms with Crippen molar-refractivity contribution in [3.63, 3.8) is 0 Å². The molecule has 0 aliphatic heterocycles. The van der Waals surface area contributed by atoms with E-state index in [-0.39, 0.29) is 21.1 Å². The van der Waals surface area contributed by atoms with Crippen molar-refractivity contribution in [2.24, 2.45) is 0 Å². The maximum Gasteiger partial charge on any atom is 0 e. The molecule has 0 unspecified atom stereocenters. The van der Waals surface area contributed by atoms with Crippen molar-refractivity contribution < 1.29 is 21.1 Å². The quantitative estimate of drug-likeness (QED) is 0.505. The van der Waals surface area contributed by atoms with Gasteiger partial charge in [0, 0.05) is 21.1 Å². The molecule has 0 N–H and O–H groups in total. The van der Waals surface area contributed by atoms with Crippen molar-refractivity contribution in [1.29, 1.82) is 0 Å². The van der Waals surface area contributed by atoms with Crippen LogP contribution >= 0.6 is 0 Å². The van der Waals surface area contributed by atoms with Crippen molar-refractivity contribution in [1.82, 2.24) is 0 Å². The molecule has 0 aromatic heterocycles. The Morgan fingerprint density at radius 1 is 0.412 bits per heavy atom. The van der Waals surface area contributed by atoms with Gasteiger partial charge in [-0.1, -0.05) is 48.6 Å². The Labute approximate surface area is 121 Å². The second-order valence-corrected chi connectivity index (χ2v) is 4.28.